The van der Waals surface area contributed by atoms with Gasteiger partial charge < -0.3 is 10.2 Å². The summed E-state index contributed by atoms with van der Waals surface area (Å²) in [5.74, 6) is 0.339. The topological polar surface area (TPSA) is 79.4 Å². The SMILES string of the molecule is CN(CCc1ccncc1)C(=O)CNC1CCS(=O)(=O)C1. The van der Waals surface area contributed by atoms with Gasteiger partial charge in [-0.2, -0.15) is 0 Å². The highest BCUT2D eigenvalue weighted by Gasteiger charge is 2.27. The minimum absolute atomic E-state index is 0.0200. The fraction of sp³-hybridized carbons (Fsp3) is 0.571. The van der Waals surface area contributed by atoms with Crippen LogP contribution in [-0.2, 0) is 21.1 Å². The highest BCUT2D eigenvalue weighted by atomic mass is 32.2. The minimum Gasteiger partial charge on any atom is -0.344 e. The van der Waals surface area contributed by atoms with E-state index in [2.05, 4.69) is 10.3 Å². The van der Waals surface area contributed by atoms with Crippen molar-refractivity contribution in [2.24, 2.45) is 0 Å². The lowest BCUT2D eigenvalue weighted by Gasteiger charge is -2.19. The second-order valence-corrected chi connectivity index (χ2v) is 7.63. The number of carbonyl (C=O) groups is 1. The second kappa shape index (κ2) is 7.00. The Morgan fingerprint density at radius 2 is 2.14 bits per heavy atom. The number of carbonyl (C=O) groups excluding carboxylic acids is 1. The lowest BCUT2D eigenvalue weighted by molar-refractivity contribution is -0.129. The van der Waals surface area contributed by atoms with Crippen LogP contribution in [0, 0.1) is 0 Å². The molecule has 0 bridgehead atoms. The molecule has 0 radical (unpaired) electrons. The van der Waals surface area contributed by atoms with Crippen molar-refractivity contribution >= 4 is 15.7 Å². The predicted octanol–water partition coefficient (Wildman–Crippen LogP) is -0.141. The van der Waals surface area contributed by atoms with E-state index in [9.17, 15) is 13.2 Å². The third-order valence-electron chi connectivity index (χ3n) is 3.69. The summed E-state index contributed by atoms with van der Waals surface area (Å²) in [7, 11) is -1.14. The number of sulfone groups is 1. The average Bonchev–Trinajstić information content (AvgIpc) is 2.82. The standard InChI is InChI=1S/C14H21N3O3S/c1-17(8-4-12-2-6-15-7-3-12)14(18)10-16-13-5-9-21(19,20)11-13/h2-3,6-7,13,16H,4-5,8-11H2,1H3. The van der Waals surface area contributed by atoms with Gasteiger partial charge in [-0.25, -0.2) is 8.42 Å². The zero-order chi connectivity index (χ0) is 15.3. The van der Waals surface area contributed by atoms with Crippen LogP contribution in [0.5, 0.6) is 0 Å². The third kappa shape index (κ3) is 5.09. The Morgan fingerprint density at radius 3 is 2.76 bits per heavy atom. The molecular weight excluding hydrogens is 290 g/mol. The molecule has 0 aliphatic carbocycles. The zero-order valence-corrected chi connectivity index (χ0v) is 13.0. The molecule has 1 aromatic heterocycles. The van der Waals surface area contributed by atoms with Crippen LogP contribution in [0.15, 0.2) is 24.5 Å². The first-order valence-corrected chi connectivity index (χ1v) is 8.85. The Morgan fingerprint density at radius 1 is 1.43 bits per heavy atom. The molecule has 1 N–H and O–H groups in total. The number of nitrogens with zero attached hydrogens (tertiary/aromatic N) is 2. The Hall–Kier alpha value is -1.47. The zero-order valence-electron chi connectivity index (χ0n) is 12.2. The van der Waals surface area contributed by atoms with E-state index in [1.165, 1.54) is 0 Å². The predicted molar refractivity (Wildman–Crippen MR) is 80.6 cm³/mol. The highest BCUT2D eigenvalue weighted by Crippen LogP contribution is 2.10. The van der Waals surface area contributed by atoms with Crippen LogP contribution in [0.3, 0.4) is 0 Å². The summed E-state index contributed by atoms with van der Waals surface area (Å²) in [5.41, 5.74) is 1.14. The van der Waals surface area contributed by atoms with Gasteiger partial charge in [0, 0.05) is 32.0 Å². The minimum atomic E-state index is -2.90. The van der Waals surface area contributed by atoms with Crippen molar-refractivity contribution in [3.63, 3.8) is 0 Å². The number of hydrogen-bond donors (Lipinski definition) is 1. The van der Waals surface area contributed by atoms with Gasteiger partial charge in [-0.1, -0.05) is 0 Å². The fourth-order valence-corrected chi connectivity index (χ4v) is 4.00. The summed E-state index contributed by atoms with van der Waals surface area (Å²) in [6, 6.07) is 3.77. The van der Waals surface area contributed by atoms with Crippen LogP contribution in [0.2, 0.25) is 0 Å². The molecule has 0 saturated carbocycles. The molecule has 1 aliphatic rings. The Balaban J connectivity index is 1.70. The van der Waals surface area contributed by atoms with E-state index >= 15 is 0 Å². The molecule has 1 unspecified atom stereocenters. The van der Waals surface area contributed by atoms with Gasteiger partial charge >= 0.3 is 0 Å². The van der Waals surface area contributed by atoms with Gasteiger partial charge in [0.15, 0.2) is 9.84 Å². The van der Waals surface area contributed by atoms with E-state index in [0.29, 0.717) is 13.0 Å². The Bertz CT molecular complexity index is 574. The van der Waals surface area contributed by atoms with Crippen molar-refractivity contribution < 1.29 is 13.2 Å². The van der Waals surface area contributed by atoms with Crippen LogP contribution in [0.1, 0.15) is 12.0 Å². The monoisotopic (exact) mass is 311 g/mol. The van der Waals surface area contributed by atoms with Gasteiger partial charge in [-0.05, 0) is 30.5 Å². The average molecular weight is 311 g/mol. The summed E-state index contributed by atoms with van der Waals surface area (Å²) in [4.78, 5) is 17.6. The van der Waals surface area contributed by atoms with Crippen molar-refractivity contribution in [3.8, 4) is 0 Å². The highest BCUT2D eigenvalue weighted by molar-refractivity contribution is 7.91. The molecule has 7 heteroatoms. The smallest absolute Gasteiger partial charge is 0.236 e. The third-order valence-corrected chi connectivity index (χ3v) is 5.45. The molecule has 1 fully saturated rings. The number of amides is 1. The number of likely N-dealkylation sites (N-methyl/N-ethyl adjacent to an activating group) is 1. The first-order chi connectivity index (χ1) is 9.96. The Labute approximate surface area is 125 Å². The van der Waals surface area contributed by atoms with E-state index in [-0.39, 0.29) is 30.0 Å². The number of rotatable bonds is 6. The summed E-state index contributed by atoms with van der Waals surface area (Å²) in [6.07, 6.45) is 4.84. The maximum absolute atomic E-state index is 12.0. The van der Waals surface area contributed by atoms with E-state index in [0.717, 1.165) is 12.0 Å². The van der Waals surface area contributed by atoms with Gasteiger partial charge in [0.2, 0.25) is 5.91 Å². The van der Waals surface area contributed by atoms with Crippen molar-refractivity contribution in [2.75, 3.05) is 31.6 Å². The normalized spacial score (nSPS) is 20.3. The maximum atomic E-state index is 12.0. The van der Waals surface area contributed by atoms with Crippen LogP contribution in [-0.4, -0.2) is 61.9 Å². The molecule has 21 heavy (non-hydrogen) atoms. The molecule has 116 valence electrons. The second-order valence-electron chi connectivity index (χ2n) is 5.40. The van der Waals surface area contributed by atoms with Crippen LogP contribution in [0.4, 0.5) is 0 Å². The molecule has 1 aromatic rings. The number of pyridine rings is 1. The summed E-state index contributed by atoms with van der Waals surface area (Å²) in [5, 5.41) is 3.04. The molecule has 1 saturated heterocycles. The van der Waals surface area contributed by atoms with Gasteiger partial charge in [0.05, 0.1) is 18.1 Å². The molecule has 2 rings (SSSR count). The number of aromatic nitrogens is 1. The first kappa shape index (κ1) is 15.9. The quantitative estimate of drug-likeness (QED) is 0.791. The maximum Gasteiger partial charge on any atom is 0.236 e. The van der Waals surface area contributed by atoms with Crippen LogP contribution in [0.25, 0.3) is 0 Å². The van der Waals surface area contributed by atoms with Crippen molar-refractivity contribution in [2.45, 2.75) is 18.9 Å². The first-order valence-electron chi connectivity index (χ1n) is 7.03. The fourth-order valence-electron chi connectivity index (χ4n) is 2.29. The van der Waals surface area contributed by atoms with E-state index in [4.69, 9.17) is 0 Å². The van der Waals surface area contributed by atoms with Crippen molar-refractivity contribution in [1.29, 1.82) is 0 Å². The van der Waals surface area contributed by atoms with Gasteiger partial charge in [0.1, 0.15) is 0 Å². The molecule has 2 heterocycles. The van der Waals surface area contributed by atoms with Crippen LogP contribution < -0.4 is 5.32 Å². The molecule has 0 spiro atoms. The largest absolute Gasteiger partial charge is 0.344 e. The Kier molecular flexibility index (Phi) is 5.30. The van der Waals surface area contributed by atoms with Gasteiger partial charge in [-0.15, -0.1) is 0 Å². The molecule has 0 aromatic carbocycles. The molecule has 1 atom stereocenters. The lowest BCUT2D eigenvalue weighted by Crippen LogP contribution is -2.41. The number of nitrogens with one attached hydrogen (secondary N) is 1. The lowest BCUT2D eigenvalue weighted by atomic mass is 10.2. The van der Waals surface area contributed by atoms with Crippen molar-refractivity contribution in [3.05, 3.63) is 30.1 Å². The van der Waals surface area contributed by atoms with Gasteiger partial charge in [-0.3, -0.25) is 9.78 Å². The van der Waals surface area contributed by atoms with E-state index < -0.39 is 9.84 Å². The van der Waals surface area contributed by atoms with Crippen molar-refractivity contribution in [1.82, 2.24) is 15.2 Å². The van der Waals surface area contributed by atoms with E-state index in [1.807, 2.05) is 12.1 Å². The van der Waals surface area contributed by atoms with E-state index in [1.54, 1.807) is 24.3 Å². The molecular formula is C14H21N3O3S. The molecule has 1 amide bonds. The van der Waals surface area contributed by atoms with Gasteiger partial charge in [0.25, 0.3) is 0 Å². The molecule has 6 nitrogen and oxygen atoms in total. The summed E-state index contributed by atoms with van der Waals surface area (Å²) in [6.45, 7) is 0.820. The number of hydrogen-bond acceptors (Lipinski definition) is 5. The molecule has 1 aliphatic heterocycles. The van der Waals surface area contributed by atoms with Crippen LogP contribution >= 0.6 is 0 Å². The summed E-state index contributed by atoms with van der Waals surface area (Å²) < 4.78 is 22.7. The summed E-state index contributed by atoms with van der Waals surface area (Å²) >= 11 is 0.